The van der Waals surface area contributed by atoms with Crippen LogP contribution in [0.3, 0.4) is 0 Å². The van der Waals surface area contributed by atoms with Gasteiger partial charge in [0.05, 0.1) is 0 Å². The third-order valence-electron chi connectivity index (χ3n) is 3.84. The number of amides is 1. The van der Waals surface area contributed by atoms with Gasteiger partial charge < -0.3 is 10.6 Å². The molecule has 5 heteroatoms. The molecule has 1 saturated carbocycles. The van der Waals surface area contributed by atoms with E-state index in [1.165, 1.54) is 19.3 Å². The van der Waals surface area contributed by atoms with Crippen LogP contribution in [0.1, 0.15) is 43.1 Å². The van der Waals surface area contributed by atoms with Crippen molar-refractivity contribution in [2.45, 2.75) is 37.4 Å². The van der Waals surface area contributed by atoms with Crippen molar-refractivity contribution in [3.63, 3.8) is 0 Å². The van der Waals surface area contributed by atoms with Gasteiger partial charge >= 0.3 is 0 Å². The first kappa shape index (κ1) is 15.2. The summed E-state index contributed by atoms with van der Waals surface area (Å²) in [5.41, 5.74) is 1.44. The molecular formula is C15H23N3OS. The number of nitrogens with zero attached hydrogens (tertiary/aromatic N) is 1. The molecule has 1 heterocycles. The molecule has 0 atom stereocenters. The molecule has 2 rings (SSSR count). The monoisotopic (exact) mass is 293 g/mol. The molecule has 2 N–H and O–H groups in total. The summed E-state index contributed by atoms with van der Waals surface area (Å²) in [5.74, 6) is -0.0783. The summed E-state index contributed by atoms with van der Waals surface area (Å²) < 4.78 is 0.258. The second-order valence-corrected chi connectivity index (χ2v) is 6.55. The zero-order valence-corrected chi connectivity index (χ0v) is 13.1. The molecule has 0 unspecified atom stereocenters. The summed E-state index contributed by atoms with van der Waals surface area (Å²) in [7, 11) is 0. The summed E-state index contributed by atoms with van der Waals surface area (Å²) in [6.45, 7) is 3.75. The average Bonchev–Trinajstić information content (AvgIpc) is 2.44. The Hall–Kier alpha value is -1.23. The molecule has 1 aromatic rings. The number of hydrogen-bond acceptors (Lipinski definition) is 4. The lowest BCUT2D eigenvalue weighted by molar-refractivity contribution is 0.0939. The van der Waals surface area contributed by atoms with Gasteiger partial charge in [0.2, 0.25) is 0 Å². The predicted octanol–water partition coefficient (Wildman–Crippen LogP) is 2.92. The zero-order chi connectivity index (χ0) is 14.4. The Labute approximate surface area is 125 Å². The molecule has 0 aliphatic heterocycles. The number of thioether (sulfide) groups is 1. The summed E-state index contributed by atoms with van der Waals surface area (Å²) >= 11 is 1.86. The maximum atomic E-state index is 12.2. The molecule has 110 valence electrons. The van der Waals surface area contributed by atoms with E-state index >= 15 is 0 Å². The van der Waals surface area contributed by atoms with Gasteiger partial charge in [0, 0.05) is 29.7 Å². The highest BCUT2D eigenvalue weighted by atomic mass is 32.2. The minimum atomic E-state index is -0.0783. The number of hydrogen-bond donors (Lipinski definition) is 2. The second-order valence-electron chi connectivity index (χ2n) is 5.28. The van der Waals surface area contributed by atoms with Gasteiger partial charge in [-0.25, -0.2) is 0 Å². The molecule has 1 aliphatic rings. The van der Waals surface area contributed by atoms with Crippen molar-refractivity contribution < 1.29 is 4.79 Å². The SMILES string of the molecule is CCCNc1ccnc(C(=O)NCC2(SC)CCC2)c1. The molecule has 4 nitrogen and oxygen atoms in total. The van der Waals surface area contributed by atoms with Crippen molar-refractivity contribution in [2.75, 3.05) is 24.7 Å². The lowest BCUT2D eigenvalue weighted by Gasteiger charge is -2.40. The van der Waals surface area contributed by atoms with Gasteiger partial charge in [0.25, 0.3) is 5.91 Å². The van der Waals surface area contributed by atoms with Crippen LogP contribution in [0, 0.1) is 0 Å². The van der Waals surface area contributed by atoms with Crippen molar-refractivity contribution >= 4 is 23.4 Å². The van der Waals surface area contributed by atoms with Gasteiger partial charge in [-0.15, -0.1) is 0 Å². The lowest BCUT2D eigenvalue weighted by Crippen LogP contribution is -2.45. The third-order valence-corrected chi connectivity index (χ3v) is 5.26. The van der Waals surface area contributed by atoms with Crippen LogP contribution in [0.4, 0.5) is 5.69 Å². The first-order chi connectivity index (χ1) is 9.69. The zero-order valence-electron chi connectivity index (χ0n) is 12.2. The largest absolute Gasteiger partial charge is 0.385 e. The molecule has 1 aromatic heterocycles. The highest BCUT2D eigenvalue weighted by molar-refractivity contribution is 8.00. The summed E-state index contributed by atoms with van der Waals surface area (Å²) in [4.78, 5) is 16.3. The highest BCUT2D eigenvalue weighted by Gasteiger charge is 2.36. The molecule has 0 radical (unpaired) electrons. The van der Waals surface area contributed by atoms with E-state index in [9.17, 15) is 4.79 Å². The van der Waals surface area contributed by atoms with Crippen molar-refractivity contribution in [3.8, 4) is 0 Å². The van der Waals surface area contributed by atoms with Crippen molar-refractivity contribution in [1.82, 2.24) is 10.3 Å². The minimum absolute atomic E-state index is 0.0783. The predicted molar refractivity (Wildman–Crippen MR) is 85.4 cm³/mol. The molecule has 0 aromatic carbocycles. The third kappa shape index (κ3) is 3.66. The Morgan fingerprint density at radius 2 is 2.30 bits per heavy atom. The maximum absolute atomic E-state index is 12.2. The Morgan fingerprint density at radius 3 is 2.90 bits per heavy atom. The molecule has 0 bridgehead atoms. The van der Waals surface area contributed by atoms with E-state index in [1.54, 1.807) is 6.20 Å². The highest BCUT2D eigenvalue weighted by Crippen LogP contribution is 2.42. The Balaban J connectivity index is 1.91. The van der Waals surface area contributed by atoms with Crippen LogP contribution >= 0.6 is 11.8 Å². The lowest BCUT2D eigenvalue weighted by atomic mass is 9.84. The number of rotatable bonds is 7. The summed E-state index contributed by atoms with van der Waals surface area (Å²) in [6.07, 6.45) is 8.52. The van der Waals surface area contributed by atoms with E-state index in [0.29, 0.717) is 5.69 Å². The van der Waals surface area contributed by atoms with Gasteiger partial charge in [0.1, 0.15) is 5.69 Å². The quantitative estimate of drug-likeness (QED) is 0.811. The number of carbonyl (C=O) groups excluding carboxylic acids is 1. The van der Waals surface area contributed by atoms with Crippen molar-refractivity contribution in [3.05, 3.63) is 24.0 Å². The van der Waals surface area contributed by atoms with E-state index in [4.69, 9.17) is 0 Å². The molecule has 1 amide bonds. The fourth-order valence-corrected chi connectivity index (χ4v) is 3.20. The van der Waals surface area contributed by atoms with E-state index < -0.39 is 0 Å². The van der Waals surface area contributed by atoms with Gasteiger partial charge in [-0.2, -0.15) is 11.8 Å². The van der Waals surface area contributed by atoms with E-state index in [0.717, 1.165) is 25.2 Å². The van der Waals surface area contributed by atoms with E-state index in [1.807, 2.05) is 23.9 Å². The van der Waals surface area contributed by atoms with Crippen LogP contribution in [0.2, 0.25) is 0 Å². The Kier molecular flexibility index (Phi) is 5.29. The van der Waals surface area contributed by atoms with Crippen LogP contribution in [-0.4, -0.2) is 35.0 Å². The number of nitrogens with one attached hydrogen (secondary N) is 2. The van der Waals surface area contributed by atoms with Gasteiger partial charge in [-0.1, -0.05) is 13.3 Å². The van der Waals surface area contributed by atoms with E-state index in [2.05, 4.69) is 28.8 Å². The van der Waals surface area contributed by atoms with Crippen LogP contribution in [0.25, 0.3) is 0 Å². The fraction of sp³-hybridized carbons (Fsp3) is 0.600. The van der Waals surface area contributed by atoms with Gasteiger partial charge in [-0.3, -0.25) is 9.78 Å². The van der Waals surface area contributed by atoms with Crippen molar-refractivity contribution in [1.29, 1.82) is 0 Å². The smallest absolute Gasteiger partial charge is 0.270 e. The van der Waals surface area contributed by atoms with Gasteiger partial charge in [0.15, 0.2) is 0 Å². The van der Waals surface area contributed by atoms with Crippen LogP contribution < -0.4 is 10.6 Å². The maximum Gasteiger partial charge on any atom is 0.270 e. The van der Waals surface area contributed by atoms with E-state index in [-0.39, 0.29) is 10.7 Å². The molecular weight excluding hydrogens is 270 g/mol. The van der Waals surface area contributed by atoms with Crippen LogP contribution in [0.5, 0.6) is 0 Å². The molecule has 0 spiro atoms. The Bertz CT molecular complexity index is 455. The van der Waals surface area contributed by atoms with Crippen molar-refractivity contribution in [2.24, 2.45) is 0 Å². The Morgan fingerprint density at radius 1 is 1.50 bits per heavy atom. The fourth-order valence-electron chi connectivity index (χ4n) is 2.29. The molecule has 1 fully saturated rings. The average molecular weight is 293 g/mol. The van der Waals surface area contributed by atoms with Gasteiger partial charge in [-0.05, 0) is 37.7 Å². The first-order valence-electron chi connectivity index (χ1n) is 7.22. The minimum Gasteiger partial charge on any atom is -0.385 e. The first-order valence-corrected chi connectivity index (χ1v) is 8.45. The van der Waals surface area contributed by atoms with Crippen LogP contribution in [-0.2, 0) is 0 Å². The normalized spacial score (nSPS) is 16.3. The van der Waals surface area contributed by atoms with Crippen LogP contribution in [0.15, 0.2) is 18.3 Å². The standard InChI is InChI=1S/C15H23N3OS/c1-3-8-16-12-5-9-17-13(10-12)14(19)18-11-15(20-2)6-4-7-15/h5,9-10H,3-4,6-8,11H2,1-2H3,(H,16,17)(H,18,19). The second kappa shape index (κ2) is 6.97. The number of anilines is 1. The number of pyridine rings is 1. The summed E-state index contributed by atoms with van der Waals surface area (Å²) in [5, 5.41) is 6.30. The topological polar surface area (TPSA) is 54.0 Å². The number of carbonyl (C=O) groups is 1. The molecule has 1 aliphatic carbocycles. The molecule has 0 saturated heterocycles. The number of aromatic nitrogens is 1. The molecule has 20 heavy (non-hydrogen) atoms. The summed E-state index contributed by atoms with van der Waals surface area (Å²) in [6, 6.07) is 3.71.